The predicted octanol–water partition coefficient (Wildman–Crippen LogP) is 3.35. The first-order chi connectivity index (χ1) is 13.8. The van der Waals surface area contributed by atoms with Crippen molar-refractivity contribution in [1.29, 1.82) is 0 Å². The monoisotopic (exact) mass is 419 g/mol. The number of hydrogen-bond donors (Lipinski definition) is 0. The summed E-state index contributed by atoms with van der Waals surface area (Å²) in [7, 11) is -3.71. The maximum absolute atomic E-state index is 13.2. The molecule has 1 aliphatic rings. The van der Waals surface area contributed by atoms with Gasteiger partial charge in [0, 0.05) is 18.7 Å². The average Bonchev–Trinajstić information content (AvgIpc) is 2.72. The smallest absolute Gasteiger partial charge is 0.338 e. The molecule has 0 N–H and O–H groups in total. The molecular formula is C21H22FNO5S. The molecule has 0 aromatic heterocycles. The summed E-state index contributed by atoms with van der Waals surface area (Å²) in [4.78, 5) is 24.5. The lowest BCUT2D eigenvalue weighted by Crippen LogP contribution is -2.36. The van der Waals surface area contributed by atoms with Crippen molar-refractivity contribution in [3.05, 3.63) is 65.0 Å². The van der Waals surface area contributed by atoms with Crippen molar-refractivity contribution >= 4 is 21.8 Å². The summed E-state index contributed by atoms with van der Waals surface area (Å²) in [5, 5.41) is 0. The number of aryl methyl sites for hydroxylation is 1. The fourth-order valence-corrected chi connectivity index (χ4v) is 4.98. The van der Waals surface area contributed by atoms with Crippen molar-refractivity contribution in [1.82, 2.24) is 4.31 Å². The summed E-state index contributed by atoms with van der Waals surface area (Å²) >= 11 is 0. The summed E-state index contributed by atoms with van der Waals surface area (Å²) in [6.07, 6.45) is 2.61. The number of carbonyl (C=O) groups excluding carboxylic acids is 2. The second-order valence-electron chi connectivity index (χ2n) is 6.95. The summed E-state index contributed by atoms with van der Waals surface area (Å²) in [6.45, 7) is 2.01. The van der Waals surface area contributed by atoms with Crippen molar-refractivity contribution < 1.29 is 27.1 Å². The van der Waals surface area contributed by atoms with Crippen LogP contribution in [0.2, 0.25) is 0 Å². The van der Waals surface area contributed by atoms with Crippen molar-refractivity contribution in [2.24, 2.45) is 0 Å². The molecule has 1 fully saturated rings. The maximum atomic E-state index is 13.2. The van der Waals surface area contributed by atoms with Crippen LogP contribution in [-0.2, 0) is 14.8 Å². The minimum absolute atomic E-state index is 0.0400. The Morgan fingerprint density at radius 1 is 1.03 bits per heavy atom. The van der Waals surface area contributed by atoms with Gasteiger partial charge in [-0.15, -0.1) is 0 Å². The third-order valence-electron chi connectivity index (χ3n) is 4.84. The number of esters is 1. The van der Waals surface area contributed by atoms with Crippen LogP contribution in [0.4, 0.5) is 4.39 Å². The molecule has 2 aromatic carbocycles. The van der Waals surface area contributed by atoms with E-state index in [1.165, 1.54) is 34.6 Å². The first-order valence-corrected chi connectivity index (χ1v) is 10.8. The van der Waals surface area contributed by atoms with E-state index in [2.05, 4.69) is 0 Å². The summed E-state index contributed by atoms with van der Waals surface area (Å²) in [5.74, 6) is -1.93. The second-order valence-corrected chi connectivity index (χ2v) is 8.86. The molecule has 0 spiro atoms. The molecule has 0 unspecified atom stereocenters. The van der Waals surface area contributed by atoms with Crippen LogP contribution in [-0.4, -0.2) is 44.2 Å². The lowest BCUT2D eigenvalue weighted by Gasteiger charge is -2.26. The van der Waals surface area contributed by atoms with Crippen LogP contribution in [0.25, 0.3) is 0 Å². The highest BCUT2D eigenvalue weighted by Gasteiger charge is 2.28. The lowest BCUT2D eigenvalue weighted by atomic mass is 10.1. The van der Waals surface area contributed by atoms with Crippen LogP contribution in [0.3, 0.4) is 0 Å². The van der Waals surface area contributed by atoms with Gasteiger partial charge in [-0.3, -0.25) is 4.79 Å². The van der Waals surface area contributed by atoms with Crippen LogP contribution < -0.4 is 0 Å². The molecular weight excluding hydrogens is 397 g/mol. The van der Waals surface area contributed by atoms with Gasteiger partial charge in [-0.1, -0.05) is 24.6 Å². The van der Waals surface area contributed by atoms with Crippen LogP contribution in [0.5, 0.6) is 0 Å². The Bertz CT molecular complexity index is 1030. The van der Waals surface area contributed by atoms with E-state index in [1.54, 1.807) is 13.0 Å². The number of piperidine rings is 1. The minimum atomic E-state index is -3.71. The highest BCUT2D eigenvalue weighted by Crippen LogP contribution is 2.24. The molecule has 0 saturated carbocycles. The molecule has 0 bridgehead atoms. The van der Waals surface area contributed by atoms with Gasteiger partial charge in [0.15, 0.2) is 12.4 Å². The Hall–Kier alpha value is -2.58. The van der Waals surface area contributed by atoms with Crippen molar-refractivity contribution in [3.63, 3.8) is 0 Å². The van der Waals surface area contributed by atoms with Gasteiger partial charge in [0.05, 0.1) is 10.5 Å². The Morgan fingerprint density at radius 2 is 1.76 bits per heavy atom. The molecule has 0 amide bonds. The summed E-state index contributed by atoms with van der Waals surface area (Å²) in [6, 6.07) is 9.37. The second kappa shape index (κ2) is 8.84. The first-order valence-electron chi connectivity index (χ1n) is 9.36. The number of sulfonamides is 1. The molecule has 2 aromatic rings. The Kier molecular flexibility index (Phi) is 6.44. The molecule has 1 aliphatic heterocycles. The fraction of sp³-hybridized carbons (Fsp3) is 0.333. The Labute approximate surface area is 169 Å². The van der Waals surface area contributed by atoms with Crippen LogP contribution in [0, 0.1) is 12.7 Å². The largest absolute Gasteiger partial charge is 0.454 e. The number of carbonyl (C=O) groups is 2. The molecule has 29 heavy (non-hydrogen) atoms. The number of Topliss-reactive ketones (excluding diaryl/α,β-unsaturated/α-hetero) is 1. The molecule has 1 heterocycles. The molecule has 0 aliphatic carbocycles. The topological polar surface area (TPSA) is 80.8 Å². The number of hydrogen-bond acceptors (Lipinski definition) is 5. The Balaban J connectivity index is 1.74. The van der Waals surface area contributed by atoms with Gasteiger partial charge in [0.25, 0.3) is 0 Å². The molecule has 8 heteroatoms. The normalized spacial score (nSPS) is 15.1. The van der Waals surface area contributed by atoms with Gasteiger partial charge in [0.1, 0.15) is 5.82 Å². The number of rotatable bonds is 6. The Morgan fingerprint density at radius 3 is 2.45 bits per heavy atom. The molecule has 0 atom stereocenters. The van der Waals surface area contributed by atoms with E-state index in [0.717, 1.165) is 25.3 Å². The minimum Gasteiger partial charge on any atom is -0.454 e. The predicted molar refractivity (Wildman–Crippen MR) is 105 cm³/mol. The van der Waals surface area contributed by atoms with Crippen molar-refractivity contribution in [2.75, 3.05) is 19.7 Å². The quantitative estimate of drug-likeness (QED) is 0.530. The molecule has 154 valence electrons. The summed E-state index contributed by atoms with van der Waals surface area (Å²) < 4.78 is 45.6. The number of benzene rings is 2. The number of ether oxygens (including phenoxy) is 1. The average molecular weight is 419 g/mol. The molecule has 3 rings (SSSR count). The zero-order valence-electron chi connectivity index (χ0n) is 16.1. The maximum Gasteiger partial charge on any atom is 0.338 e. The summed E-state index contributed by atoms with van der Waals surface area (Å²) in [5.41, 5.74) is 0.663. The zero-order valence-corrected chi connectivity index (χ0v) is 16.9. The number of halogens is 1. The van der Waals surface area contributed by atoms with E-state index in [4.69, 9.17) is 4.74 Å². The van der Waals surface area contributed by atoms with E-state index in [9.17, 15) is 22.4 Å². The van der Waals surface area contributed by atoms with Crippen LogP contribution >= 0.6 is 0 Å². The molecule has 1 saturated heterocycles. The van der Waals surface area contributed by atoms with Crippen LogP contribution in [0.1, 0.15) is 45.5 Å². The third kappa shape index (κ3) is 4.89. The van der Waals surface area contributed by atoms with Crippen LogP contribution in [0.15, 0.2) is 47.4 Å². The van der Waals surface area contributed by atoms with Crippen molar-refractivity contribution in [3.8, 4) is 0 Å². The SMILES string of the molecule is Cc1ccc(C(=O)OCC(=O)c2cccc(F)c2)cc1S(=O)(=O)N1CCCCC1. The van der Waals surface area contributed by atoms with Gasteiger partial charge in [0.2, 0.25) is 10.0 Å². The highest BCUT2D eigenvalue weighted by molar-refractivity contribution is 7.89. The van der Waals surface area contributed by atoms with E-state index in [1.807, 2.05) is 0 Å². The number of ketones is 1. The lowest BCUT2D eigenvalue weighted by molar-refractivity contribution is 0.0474. The molecule has 0 radical (unpaired) electrons. The van der Waals surface area contributed by atoms with Crippen molar-refractivity contribution in [2.45, 2.75) is 31.1 Å². The van der Waals surface area contributed by atoms with E-state index < -0.39 is 34.2 Å². The van der Waals surface area contributed by atoms with Gasteiger partial charge >= 0.3 is 5.97 Å². The van der Waals surface area contributed by atoms with E-state index >= 15 is 0 Å². The first kappa shape index (κ1) is 21.1. The van der Waals surface area contributed by atoms with Gasteiger partial charge in [-0.05, 0) is 49.6 Å². The standard InChI is InChI=1S/C21H22FNO5S/c1-15-8-9-17(13-20(15)29(26,27)23-10-3-2-4-11-23)21(25)28-14-19(24)16-6-5-7-18(22)12-16/h5-9,12-13H,2-4,10-11,14H2,1H3. The zero-order chi connectivity index (χ0) is 21.0. The highest BCUT2D eigenvalue weighted by atomic mass is 32.2. The van der Waals surface area contributed by atoms with E-state index in [-0.39, 0.29) is 16.0 Å². The van der Waals surface area contributed by atoms with E-state index in [0.29, 0.717) is 18.7 Å². The van der Waals surface area contributed by atoms with Gasteiger partial charge in [-0.2, -0.15) is 4.31 Å². The fourth-order valence-electron chi connectivity index (χ4n) is 3.21. The van der Waals surface area contributed by atoms with Gasteiger partial charge < -0.3 is 4.74 Å². The van der Waals surface area contributed by atoms with Gasteiger partial charge in [-0.25, -0.2) is 17.6 Å². The molecule has 6 nitrogen and oxygen atoms in total. The number of nitrogens with zero attached hydrogens (tertiary/aromatic N) is 1. The third-order valence-corrected chi connectivity index (χ3v) is 6.88.